The average molecular weight is 401 g/mol. The van der Waals surface area contributed by atoms with E-state index in [4.69, 9.17) is 0 Å². The monoisotopic (exact) mass is 401 g/mol. The molecular formula is C15H20IN3O2. The number of benzene rings is 1. The van der Waals surface area contributed by atoms with Crippen LogP contribution in [-0.2, 0) is 4.79 Å². The van der Waals surface area contributed by atoms with Crippen LogP contribution >= 0.6 is 22.6 Å². The van der Waals surface area contributed by atoms with Gasteiger partial charge in [-0.25, -0.2) is 0 Å². The molecular weight excluding hydrogens is 381 g/mol. The summed E-state index contributed by atoms with van der Waals surface area (Å²) in [5, 5.41) is 0. The molecule has 21 heavy (non-hydrogen) atoms. The van der Waals surface area contributed by atoms with Gasteiger partial charge in [-0.2, -0.15) is 0 Å². The van der Waals surface area contributed by atoms with Crippen molar-refractivity contribution in [3.63, 3.8) is 0 Å². The third kappa shape index (κ3) is 4.16. The summed E-state index contributed by atoms with van der Waals surface area (Å²) in [6.45, 7) is 3.26. The van der Waals surface area contributed by atoms with E-state index in [-0.39, 0.29) is 11.8 Å². The first-order chi connectivity index (χ1) is 9.99. The van der Waals surface area contributed by atoms with Gasteiger partial charge in [0.2, 0.25) is 5.91 Å². The molecule has 0 unspecified atom stereocenters. The van der Waals surface area contributed by atoms with E-state index in [0.29, 0.717) is 19.6 Å². The van der Waals surface area contributed by atoms with Gasteiger partial charge in [-0.1, -0.05) is 12.1 Å². The van der Waals surface area contributed by atoms with Crippen LogP contribution in [0.4, 0.5) is 0 Å². The van der Waals surface area contributed by atoms with Crippen LogP contribution in [0.5, 0.6) is 0 Å². The minimum absolute atomic E-state index is 0.0820. The van der Waals surface area contributed by atoms with Crippen LogP contribution in [0.3, 0.4) is 0 Å². The van der Waals surface area contributed by atoms with Gasteiger partial charge in [0.25, 0.3) is 5.91 Å². The number of hydrogen-bond acceptors (Lipinski definition) is 3. The quantitative estimate of drug-likeness (QED) is 0.714. The summed E-state index contributed by atoms with van der Waals surface area (Å²) in [6, 6.07) is 7.64. The number of likely N-dealkylation sites (N-methyl/N-ethyl adjacent to an activating group) is 1. The van der Waals surface area contributed by atoms with Crippen LogP contribution in [0, 0.1) is 3.57 Å². The van der Waals surface area contributed by atoms with Crippen LogP contribution in [0.15, 0.2) is 24.3 Å². The van der Waals surface area contributed by atoms with E-state index in [2.05, 4.69) is 27.5 Å². The Morgan fingerprint density at radius 2 is 1.76 bits per heavy atom. The van der Waals surface area contributed by atoms with Crippen LogP contribution in [0.1, 0.15) is 10.4 Å². The third-order valence-electron chi connectivity index (χ3n) is 3.62. The Labute approximate surface area is 139 Å². The van der Waals surface area contributed by atoms with Gasteiger partial charge in [0.1, 0.15) is 0 Å². The van der Waals surface area contributed by atoms with E-state index in [0.717, 1.165) is 22.2 Å². The van der Waals surface area contributed by atoms with Gasteiger partial charge < -0.3 is 9.80 Å². The van der Waals surface area contributed by atoms with Crippen LogP contribution in [0.2, 0.25) is 0 Å². The van der Waals surface area contributed by atoms with E-state index in [1.807, 2.05) is 29.2 Å². The maximum absolute atomic E-state index is 12.5. The van der Waals surface area contributed by atoms with Crippen molar-refractivity contribution in [1.29, 1.82) is 0 Å². The van der Waals surface area contributed by atoms with Crippen molar-refractivity contribution in [2.24, 2.45) is 0 Å². The average Bonchev–Trinajstić information content (AvgIpc) is 2.47. The van der Waals surface area contributed by atoms with Crippen molar-refractivity contribution in [3.05, 3.63) is 33.4 Å². The van der Waals surface area contributed by atoms with Crippen molar-refractivity contribution < 1.29 is 9.59 Å². The lowest BCUT2D eigenvalue weighted by Crippen LogP contribution is -2.51. The zero-order valence-corrected chi connectivity index (χ0v) is 14.5. The van der Waals surface area contributed by atoms with Gasteiger partial charge in [-0.15, -0.1) is 0 Å². The van der Waals surface area contributed by atoms with E-state index in [1.54, 1.807) is 19.0 Å². The summed E-state index contributed by atoms with van der Waals surface area (Å²) < 4.78 is 0.977. The summed E-state index contributed by atoms with van der Waals surface area (Å²) in [4.78, 5) is 29.7. The Hall–Kier alpha value is -1.15. The first kappa shape index (κ1) is 16.2. The zero-order chi connectivity index (χ0) is 15.4. The summed E-state index contributed by atoms with van der Waals surface area (Å²) in [6.07, 6.45) is 0. The molecule has 0 saturated carbocycles. The molecule has 0 N–H and O–H groups in total. The van der Waals surface area contributed by atoms with Crippen LogP contribution < -0.4 is 0 Å². The second kappa shape index (κ2) is 7.22. The molecule has 114 valence electrons. The number of carbonyl (C=O) groups is 2. The Bertz CT molecular complexity index is 525. The van der Waals surface area contributed by atoms with Crippen molar-refractivity contribution in [1.82, 2.24) is 14.7 Å². The maximum atomic E-state index is 12.5. The Morgan fingerprint density at radius 1 is 1.14 bits per heavy atom. The molecule has 2 rings (SSSR count). The van der Waals surface area contributed by atoms with Crippen molar-refractivity contribution >= 4 is 34.4 Å². The van der Waals surface area contributed by atoms with E-state index in [9.17, 15) is 9.59 Å². The van der Waals surface area contributed by atoms with Crippen LogP contribution in [0.25, 0.3) is 0 Å². The summed E-state index contributed by atoms with van der Waals surface area (Å²) in [7, 11) is 3.53. The highest BCUT2D eigenvalue weighted by atomic mass is 127. The summed E-state index contributed by atoms with van der Waals surface area (Å²) in [5.41, 5.74) is 0.760. The molecule has 1 aromatic carbocycles. The summed E-state index contributed by atoms with van der Waals surface area (Å²) in [5.74, 6) is 0.186. The fourth-order valence-electron chi connectivity index (χ4n) is 2.25. The van der Waals surface area contributed by atoms with Crippen LogP contribution in [-0.4, -0.2) is 73.3 Å². The van der Waals surface area contributed by atoms with Crippen molar-refractivity contribution in [3.8, 4) is 0 Å². The van der Waals surface area contributed by atoms with E-state index < -0.39 is 0 Å². The number of piperazine rings is 1. The highest BCUT2D eigenvalue weighted by Gasteiger charge is 2.24. The van der Waals surface area contributed by atoms with Gasteiger partial charge in [0.15, 0.2) is 0 Å². The Balaban J connectivity index is 1.91. The molecule has 0 aliphatic carbocycles. The molecule has 0 radical (unpaired) electrons. The van der Waals surface area contributed by atoms with Crippen molar-refractivity contribution in [2.45, 2.75) is 0 Å². The molecule has 1 aromatic rings. The van der Waals surface area contributed by atoms with E-state index >= 15 is 0 Å². The van der Waals surface area contributed by atoms with Gasteiger partial charge >= 0.3 is 0 Å². The van der Waals surface area contributed by atoms with Gasteiger partial charge in [0, 0.05) is 43.8 Å². The molecule has 5 nitrogen and oxygen atoms in total. The predicted molar refractivity (Wildman–Crippen MR) is 90.2 cm³/mol. The maximum Gasteiger partial charge on any atom is 0.255 e. The smallest absolute Gasteiger partial charge is 0.255 e. The number of carbonyl (C=O) groups excluding carboxylic acids is 2. The number of rotatable bonds is 3. The first-order valence-corrected chi connectivity index (χ1v) is 8.03. The molecule has 6 heteroatoms. The number of hydrogen-bond donors (Lipinski definition) is 0. The number of amides is 2. The minimum Gasteiger partial charge on any atom is -0.348 e. The van der Waals surface area contributed by atoms with Gasteiger partial charge in [-0.3, -0.25) is 14.5 Å². The number of halogens is 1. The SMILES string of the molecule is CN(C)C(=O)CN1CCN(C(=O)c2ccccc2I)CC1. The molecule has 1 saturated heterocycles. The van der Waals surface area contributed by atoms with Crippen molar-refractivity contribution in [2.75, 3.05) is 46.8 Å². The zero-order valence-electron chi connectivity index (χ0n) is 12.4. The second-order valence-corrected chi connectivity index (χ2v) is 6.50. The normalized spacial score (nSPS) is 15.9. The van der Waals surface area contributed by atoms with E-state index in [1.165, 1.54) is 0 Å². The first-order valence-electron chi connectivity index (χ1n) is 6.95. The van der Waals surface area contributed by atoms with Gasteiger partial charge in [-0.05, 0) is 34.7 Å². The highest BCUT2D eigenvalue weighted by Crippen LogP contribution is 2.15. The topological polar surface area (TPSA) is 43.9 Å². The Morgan fingerprint density at radius 3 is 2.33 bits per heavy atom. The molecule has 1 fully saturated rings. The Kier molecular flexibility index (Phi) is 5.58. The lowest BCUT2D eigenvalue weighted by Gasteiger charge is -2.34. The lowest BCUT2D eigenvalue weighted by molar-refractivity contribution is -0.130. The fraction of sp³-hybridized carbons (Fsp3) is 0.467. The standard InChI is InChI=1S/C15H20IN3O2/c1-17(2)14(20)11-18-7-9-19(10-8-18)15(21)12-5-3-4-6-13(12)16/h3-6H,7-11H2,1-2H3. The molecule has 1 heterocycles. The van der Waals surface area contributed by atoms with Gasteiger partial charge in [0.05, 0.1) is 12.1 Å². The molecule has 0 spiro atoms. The molecule has 0 atom stereocenters. The molecule has 2 amide bonds. The summed E-state index contributed by atoms with van der Waals surface area (Å²) >= 11 is 2.19. The number of nitrogens with zero attached hydrogens (tertiary/aromatic N) is 3. The third-order valence-corrected chi connectivity index (χ3v) is 4.56. The molecule has 0 bridgehead atoms. The molecule has 0 aromatic heterocycles. The largest absolute Gasteiger partial charge is 0.348 e. The highest BCUT2D eigenvalue weighted by molar-refractivity contribution is 14.1. The fourth-order valence-corrected chi connectivity index (χ4v) is 2.86. The molecule has 1 aliphatic heterocycles. The minimum atomic E-state index is 0.0820. The second-order valence-electron chi connectivity index (χ2n) is 5.34. The predicted octanol–water partition coefficient (Wildman–Crippen LogP) is 1.14. The lowest BCUT2D eigenvalue weighted by atomic mass is 10.2. The molecule has 1 aliphatic rings.